The molecule has 2 heterocycles. The number of carbonyl (C=O) groups is 1. The molecule has 4 rings (SSSR count). The van der Waals surface area contributed by atoms with Crippen molar-refractivity contribution in [2.45, 2.75) is 26.2 Å². The Balaban J connectivity index is 1.60. The maximum absolute atomic E-state index is 14.0. The Kier molecular flexibility index (Phi) is 4.22. The molecule has 1 aliphatic rings. The third kappa shape index (κ3) is 3.20. The van der Waals surface area contributed by atoms with Crippen molar-refractivity contribution < 1.29 is 18.1 Å². The second-order valence-electron chi connectivity index (χ2n) is 6.78. The van der Waals surface area contributed by atoms with E-state index in [-0.39, 0.29) is 30.5 Å². The van der Waals surface area contributed by atoms with Crippen molar-refractivity contribution in [1.29, 1.82) is 0 Å². The standard InChI is InChI=1S/C20H17F2N3O2/c1-11-3-5-15(12(2)7-11)19-23-20(27-24-19)13-8-18(26)25(10-13)17-9-14(21)4-6-16(17)22/h3-7,9,13H,8,10H2,1-2H3. The second-order valence-corrected chi connectivity index (χ2v) is 6.78. The van der Waals surface area contributed by atoms with Gasteiger partial charge >= 0.3 is 0 Å². The summed E-state index contributed by atoms with van der Waals surface area (Å²) in [7, 11) is 0. The molecule has 0 N–H and O–H groups in total. The maximum Gasteiger partial charge on any atom is 0.232 e. The van der Waals surface area contributed by atoms with Gasteiger partial charge in [0, 0.05) is 24.6 Å². The largest absolute Gasteiger partial charge is 0.339 e. The van der Waals surface area contributed by atoms with Crippen LogP contribution >= 0.6 is 0 Å². The third-order valence-corrected chi connectivity index (χ3v) is 4.74. The van der Waals surface area contributed by atoms with Crippen LogP contribution in [0.3, 0.4) is 0 Å². The van der Waals surface area contributed by atoms with Crippen molar-refractivity contribution in [2.75, 3.05) is 11.4 Å². The normalized spacial score (nSPS) is 17.0. The summed E-state index contributed by atoms with van der Waals surface area (Å²) in [6.45, 7) is 4.13. The number of nitrogens with zero attached hydrogens (tertiary/aromatic N) is 3. The molecule has 2 aromatic carbocycles. The van der Waals surface area contributed by atoms with Gasteiger partial charge in [-0.25, -0.2) is 8.78 Å². The predicted octanol–water partition coefficient (Wildman–Crippen LogP) is 4.15. The van der Waals surface area contributed by atoms with Gasteiger partial charge in [0.25, 0.3) is 0 Å². The van der Waals surface area contributed by atoms with E-state index in [1.165, 1.54) is 4.90 Å². The van der Waals surface area contributed by atoms with Crippen LogP contribution < -0.4 is 4.90 Å². The zero-order chi connectivity index (χ0) is 19.1. The van der Waals surface area contributed by atoms with Gasteiger partial charge in [-0.3, -0.25) is 4.79 Å². The molecular weight excluding hydrogens is 352 g/mol. The summed E-state index contributed by atoms with van der Waals surface area (Å²) in [5.74, 6) is -1.16. The van der Waals surface area contributed by atoms with Crippen molar-refractivity contribution >= 4 is 11.6 Å². The number of rotatable bonds is 3. The highest BCUT2D eigenvalue weighted by atomic mass is 19.1. The monoisotopic (exact) mass is 369 g/mol. The van der Waals surface area contributed by atoms with Crippen molar-refractivity contribution in [3.05, 3.63) is 65.1 Å². The van der Waals surface area contributed by atoms with Gasteiger partial charge in [-0.15, -0.1) is 0 Å². The van der Waals surface area contributed by atoms with E-state index in [1.807, 2.05) is 32.0 Å². The molecule has 0 bridgehead atoms. The van der Waals surface area contributed by atoms with E-state index < -0.39 is 11.6 Å². The van der Waals surface area contributed by atoms with Crippen LogP contribution in [0.4, 0.5) is 14.5 Å². The minimum Gasteiger partial charge on any atom is -0.339 e. The number of carbonyl (C=O) groups excluding carboxylic acids is 1. The van der Waals surface area contributed by atoms with Crippen LogP contribution in [-0.2, 0) is 4.79 Å². The van der Waals surface area contributed by atoms with E-state index in [2.05, 4.69) is 10.1 Å². The molecule has 0 aliphatic carbocycles. The summed E-state index contributed by atoms with van der Waals surface area (Å²) in [5.41, 5.74) is 2.94. The highest BCUT2D eigenvalue weighted by molar-refractivity contribution is 5.96. The van der Waals surface area contributed by atoms with Crippen LogP contribution in [0.15, 0.2) is 40.9 Å². The van der Waals surface area contributed by atoms with Gasteiger partial charge in [0.2, 0.25) is 17.6 Å². The minimum atomic E-state index is -0.646. The first-order valence-corrected chi connectivity index (χ1v) is 8.59. The summed E-state index contributed by atoms with van der Waals surface area (Å²) in [6, 6.07) is 8.96. The number of hydrogen-bond acceptors (Lipinski definition) is 4. The quantitative estimate of drug-likeness (QED) is 0.696. The number of halogens is 2. The average molecular weight is 369 g/mol. The second kappa shape index (κ2) is 6.57. The molecular formula is C20H17F2N3O2. The Morgan fingerprint density at radius 1 is 1.15 bits per heavy atom. The zero-order valence-electron chi connectivity index (χ0n) is 14.9. The Labute approximate surface area is 154 Å². The fourth-order valence-corrected chi connectivity index (χ4v) is 3.37. The van der Waals surface area contributed by atoms with E-state index in [9.17, 15) is 13.6 Å². The number of benzene rings is 2. The highest BCUT2D eigenvalue weighted by Crippen LogP contribution is 2.33. The Morgan fingerprint density at radius 2 is 1.96 bits per heavy atom. The number of hydrogen-bond donors (Lipinski definition) is 0. The molecule has 27 heavy (non-hydrogen) atoms. The third-order valence-electron chi connectivity index (χ3n) is 4.74. The first-order chi connectivity index (χ1) is 12.9. The Bertz CT molecular complexity index is 1030. The van der Waals surface area contributed by atoms with Crippen molar-refractivity contribution in [3.8, 4) is 11.4 Å². The first-order valence-electron chi connectivity index (χ1n) is 8.59. The molecule has 1 saturated heterocycles. The minimum absolute atomic E-state index is 0.0726. The topological polar surface area (TPSA) is 59.2 Å². The molecule has 1 unspecified atom stereocenters. The number of aryl methyl sites for hydroxylation is 2. The van der Waals surface area contributed by atoms with E-state index in [1.54, 1.807) is 0 Å². The molecule has 1 aromatic heterocycles. The zero-order valence-corrected chi connectivity index (χ0v) is 14.9. The van der Waals surface area contributed by atoms with Gasteiger partial charge in [0.15, 0.2) is 0 Å². The van der Waals surface area contributed by atoms with Crippen LogP contribution in [0.1, 0.15) is 29.4 Å². The summed E-state index contributed by atoms with van der Waals surface area (Å²) in [4.78, 5) is 18.0. The van der Waals surface area contributed by atoms with Gasteiger partial charge in [0.1, 0.15) is 11.6 Å². The van der Waals surface area contributed by atoms with Crippen molar-refractivity contribution in [3.63, 3.8) is 0 Å². The Hall–Kier alpha value is -3.09. The van der Waals surface area contributed by atoms with Gasteiger partial charge in [-0.2, -0.15) is 4.98 Å². The van der Waals surface area contributed by atoms with Gasteiger partial charge in [-0.1, -0.05) is 28.9 Å². The number of amides is 1. The lowest BCUT2D eigenvalue weighted by Gasteiger charge is -2.16. The summed E-state index contributed by atoms with van der Waals surface area (Å²) in [6.07, 6.45) is 0.102. The first kappa shape index (κ1) is 17.3. The predicted molar refractivity (Wildman–Crippen MR) is 95.3 cm³/mol. The molecule has 0 spiro atoms. The van der Waals surface area contributed by atoms with Gasteiger partial charge in [0.05, 0.1) is 11.6 Å². The van der Waals surface area contributed by atoms with E-state index in [0.29, 0.717) is 11.7 Å². The molecule has 3 aromatic rings. The fraction of sp³-hybridized carbons (Fsp3) is 0.250. The van der Waals surface area contributed by atoms with Crippen LogP contribution in [-0.4, -0.2) is 22.6 Å². The smallest absolute Gasteiger partial charge is 0.232 e. The summed E-state index contributed by atoms with van der Waals surface area (Å²) < 4.78 is 32.8. The lowest BCUT2D eigenvalue weighted by atomic mass is 10.1. The van der Waals surface area contributed by atoms with Crippen LogP contribution in [0.2, 0.25) is 0 Å². The van der Waals surface area contributed by atoms with Crippen molar-refractivity contribution in [2.24, 2.45) is 0 Å². The number of anilines is 1. The highest BCUT2D eigenvalue weighted by Gasteiger charge is 2.36. The van der Waals surface area contributed by atoms with E-state index in [0.717, 1.165) is 34.9 Å². The number of aromatic nitrogens is 2. The van der Waals surface area contributed by atoms with E-state index >= 15 is 0 Å². The lowest BCUT2D eigenvalue weighted by Crippen LogP contribution is -2.25. The summed E-state index contributed by atoms with van der Waals surface area (Å²) in [5, 5.41) is 4.03. The molecule has 0 radical (unpaired) electrons. The van der Waals surface area contributed by atoms with Gasteiger partial charge < -0.3 is 9.42 Å². The molecule has 0 saturated carbocycles. The van der Waals surface area contributed by atoms with Crippen LogP contribution in [0.25, 0.3) is 11.4 Å². The SMILES string of the molecule is Cc1ccc(-c2noc(C3CC(=O)N(c4cc(F)ccc4F)C3)n2)c(C)c1. The lowest BCUT2D eigenvalue weighted by molar-refractivity contribution is -0.117. The maximum atomic E-state index is 14.0. The fourth-order valence-electron chi connectivity index (χ4n) is 3.37. The molecule has 1 fully saturated rings. The molecule has 7 heteroatoms. The molecule has 1 aliphatic heterocycles. The van der Waals surface area contributed by atoms with Crippen molar-refractivity contribution in [1.82, 2.24) is 10.1 Å². The Morgan fingerprint density at radius 3 is 2.74 bits per heavy atom. The molecule has 5 nitrogen and oxygen atoms in total. The van der Waals surface area contributed by atoms with Crippen LogP contribution in [0.5, 0.6) is 0 Å². The molecule has 1 amide bonds. The molecule has 138 valence electrons. The van der Waals surface area contributed by atoms with E-state index in [4.69, 9.17) is 4.52 Å². The average Bonchev–Trinajstić information content (AvgIpc) is 3.24. The van der Waals surface area contributed by atoms with Crippen LogP contribution in [0, 0.1) is 25.5 Å². The summed E-state index contributed by atoms with van der Waals surface area (Å²) >= 11 is 0. The van der Waals surface area contributed by atoms with Gasteiger partial charge in [-0.05, 0) is 31.5 Å². The molecule has 1 atom stereocenters.